The molecule has 7 heteroatoms. The summed E-state index contributed by atoms with van der Waals surface area (Å²) in [7, 11) is 2.89. The topological polar surface area (TPSA) is 91.3 Å². The molecule has 0 aliphatic rings. The van der Waals surface area contributed by atoms with Gasteiger partial charge in [0.15, 0.2) is 0 Å². The van der Waals surface area contributed by atoms with Crippen molar-refractivity contribution in [2.45, 2.75) is 25.7 Å². The van der Waals surface area contributed by atoms with E-state index in [1.165, 1.54) is 14.2 Å². The molecule has 0 unspecified atom stereocenters. The molecule has 1 N–H and O–H groups in total. The maximum absolute atomic E-state index is 11.0. The molecule has 0 aliphatic carbocycles. The Kier molecular flexibility index (Phi) is 9.31. The van der Waals surface area contributed by atoms with Crippen LogP contribution in [-0.2, 0) is 28.5 Å². The average molecular weight is 250 g/mol. The van der Waals surface area contributed by atoms with Crippen molar-refractivity contribution < 1.29 is 33.6 Å². The Balaban J connectivity index is 3.38. The fourth-order valence-corrected chi connectivity index (χ4v) is 0.938. The van der Waals surface area contributed by atoms with Crippen LogP contribution in [0.5, 0.6) is 0 Å². The predicted molar refractivity (Wildman–Crippen MR) is 56.2 cm³/mol. The highest BCUT2D eigenvalue weighted by Crippen LogP contribution is 1.97. The molecule has 0 aromatic rings. The average Bonchev–Trinajstić information content (AvgIpc) is 2.31. The third kappa shape index (κ3) is 9.73. The van der Waals surface area contributed by atoms with E-state index in [2.05, 4.69) is 0 Å². The number of aliphatic carboxylic acids is 1. The standard InChI is InChI=1S/C10H18O7/c1-14-10(15-2)17-7-3-6-16-9(13)5-4-8(11)12/h10H,3-7H2,1-2H3,(H,11,12). The quantitative estimate of drug-likeness (QED) is 0.340. The van der Waals surface area contributed by atoms with Crippen LogP contribution in [0.3, 0.4) is 0 Å². The Morgan fingerprint density at radius 3 is 2.29 bits per heavy atom. The summed E-state index contributed by atoms with van der Waals surface area (Å²) >= 11 is 0. The summed E-state index contributed by atoms with van der Waals surface area (Å²) in [5.41, 5.74) is 0. The first-order valence-corrected chi connectivity index (χ1v) is 5.14. The third-order valence-corrected chi connectivity index (χ3v) is 1.73. The van der Waals surface area contributed by atoms with Crippen molar-refractivity contribution in [1.82, 2.24) is 0 Å². The summed E-state index contributed by atoms with van der Waals surface area (Å²) in [6.45, 7) is -0.227. The molecule has 0 rings (SSSR count). The van der Waals surface area contributed by atoms with Crippen molar-refractivity contribution in [2.24, 2.45) is 0 Å². The molecule has 0 amide bonds. The molecule has 0 aliphatic heterocycles. The summed E-state index contributed by atoms with van der Waals surface area (Å²) in [6.07, 6.45) is 0.155. The number of methoxy groups -OCH3 is 2. The summed E-state index contributed by atoms with van der Waals surface area (Å²) in [5.74, 6) is -1.55. The Morgan fingerprint density at radius 1 is 1.12 bits per heavy atom. The van der Waals surface area contributed by atoms with Gasteiger partial charge in [0, 0.05) is 20.6 Å². The number of ether oxygens (including phenoxy) is 4. The highest BCUT2D eigenvalue weighted by Gasteiger charge is 2.07. The molecule has 0 heterocycles. The minimum Gasteiger partial charge on any atom is -0.481 e. The molecular formula is C10H18O7. The molecule has 0 bridgehead atoms. The first-order valence-electron chi connectivity index (χ1n) is 5.14. The normalized spacial score (nSPS) is 10.5. The molecule has 0 saturated carbocycles. The second kappa shape index (κ2) is 10.0. The second-order valence-electron chi connectivity index (χ2n) is 3.10. The van der Waals surface area contributed by atoms with E-state index in [-0.39, 0.29) is 19.4 Å². The van der Waals surface area contributed by atoms with Crippen LogP contribution in [0.15, 0.2) is 0 Å². The molecule has 17 heavy (non-hydrogen) atoms. The van der Waals surface area contributed by atoms with Gasteiger partial charge >= 0.3 is 11.9 Å². The number of hydrogen-bond donors (Lipinski definition) is 1. The largest absolute Gasteiger partial charge is 0.481 e. The van der Waals surface area contributed by atoms with Crippen LogP contribution < -0.4 is 0 Å². The van der Waals surface area contributed by atoms with Crippen LogP contribution in [0.2, 0.25) is 0 Å². The Hall–Kier alpha value is -1.18. The maximum atomic E-state index is 11.0. The number of carbonyl (C=O) groups is 2. The van der Waals surface area contributed by atoms with E-state index in [0.717, 1.165) is 0 Å². The van der Waals surface area contributed by atoms with E-state index in [4.69, 9.17) is 24.1 Å². The van der Waals surface area contributed by atoms with Gasteiger partial charge in [0.25, 0.3) is 6.48 Å². The first-order chi connectivity index (χ1) is 8.10. The van der Waals surface area contributed by atoms with Gasteiger partial charge in [-0.25, -0.2) is 0 Å². The highest BCUT2D eigenvalue weighted by atomic mass is 16.8. The fraction of sp³-hybridized carbons (Fsp3) is 0.800. The van der Waals surface area contributed by atoms with Crippen LogP contribution >= 0.6 is 0 Å². The predicted octanol–water partition coefficient (Wildman–Crippen LogP) is 0.377. The molecule has 0 aromatic carbocycles. The Bertz CT molecular complexity index is 225. The number of carboxylic acid groups (broad SMARTS) is 1. The molecule has 100 valence electrons. The lowest BCUT2D eigenvalue weighted by molar-refractivity contribution is -0.265. The van der Waals surface area contributed by atoms with E-state index >= 15 is 0 Å². The zero-order valence-corrected chi connectivity index (χ0v) is 10.0. The van der Waals surface area contributed by atoms with E-state index in [1.54, 1.807) is 0 Å². The molecular weight excluding hydrogens is 232 g/mol. The smallest absolute Gasteiger partial charge is 0.306 e. The summed E-state index contributed by atoms with van der Waals surface area (Å²) in [5, 5.41) is 8.33. The number of esters is 1. The highest BCUT2D eigenvalue weighted by molar-refractivity contribution is 5.76. The van der Waals surface area contributed by atoms with Gasteiger partial charge in [0.05, 0.1) is 26.1 Å². The number of hydrogen-bond acceptors (Lipinski definition) is 6. The lowest BCUT2D eigenvalue weighted by Crippen LogP contribution is -2.19. The van der Waals surface area contributed by atoms with Crippen LogP contribution in [0.4, 0.5) is 0 Å². The Morgan fingerprint density at radius 2 is 1.76 bits per heavy atom. The number of carbonyl (C=O) groups excluding carboxylic acids is 1. The van der Waals surface area contributed by atoms with E-state index in [1.807, 2.05) is 0 Å². The zero-order valence-electron chi connectivity index (χ0n) is 10.0. The summed E-state index contributed by atoms with van der Waals surface area (Å²) in [6, 6.07) is 0. The molecule has 7 nitrogen and oxygen atoms in total. The minimum absolute atomic E-state index is 0.116. The van der Waals surface area contributed by atoms with Gasteiger partial charge in [0.1, 0.15) is 0 Å². The monoisotopic (exact) mass is 250 g/mol. The van der Waals surface area contributed by atoms with Gasteiger partial charge in [-0.3, -0.25) is 9.59 Å². The molecule has 0 aromatic heterocycles. The van der Waals surface area contributed by atoms with Crippen molar-refractivity contribution in [3.8, 4) is 0 Å². The minimum atomic E-state index is -1.02. The zero-order chi connectivity index (χ0) is 13.1. The van der Waals surface area contributed by atoms with E-state index in [0.29, 0.717) is 13.0 Å². The molecule has 0 fully saturated rings. The number of rotatable bonds is 10. The van der Waals surface area contributed by atoms with E-state index < -0.39 is 18.4 Å². The maximum Gasteiger partial charge on any atom is 0.306 e. The van der Waals surface area contributed by atoms with Crippen LogP contribution in [0, 0.1) is 0 Å². The lowest BCUT2D eigenvalue weighted by atomic mass is 10.3. The van der Waals surface area contributed by atoms with Gasteiger partial charge < -0.3 is 24.1 Å². The second-order valence-corrected chi connectivity index (χ2v) is 3.10. The summed E-state index contributed by atoms with van der Waals surface area (Å²) < 4.78 is 19.4. The van der Waals surface area contributed by atoms with Crippen LogP contribution in [-0.4, -0.2) is 51.0 Å². The van der Waals surface area contributed by atoms with Crippen LogP contribution in [0.1, 0.15) is 19.3 Å². The van der Waals surface area contributed by atoms with Gasteiger partial charge in [-0.2, -0.15) is 0 Å². The van der Waals surface area contributed by atoms with Gasteiger partial charge in [-0.05, 0) is 0 Å². The van der Waals surface area contributed by atoms with Crippen LogP contribution in [0.25, 0.3) is 0 Å². The molecule has 0 atom stereocenters. The summed E-state index contributed by atoms with van der Waals surface area (Å²) in [4.78, 5) is 21.1. The van der Waals surface area contributed by atoms with Crippen molar-refractivity contribution >= 4 is 11.9 Å². The lowest BCUT2D eigenvalue weighted by Gasteiger charge is -2.13. The van der Waals surface area contributed by atoms with Crippen molar-refractivity contribution in [3.05, 3.63) is 0 Å². The fourth-order valence-electron chi connectivity index (χ4n) is 0.938. The van der Waals surface area contributed by atoms with Gasteiger partial charge in [0.2, 0.25) is 0 Å². The van der Waals surface area contributed by atoms with Crippen molar-refractivity contribution in [2.75, 3.05) is 27.4 Å². The Labute approximate surface area is 99.6 Å². The third-order valence-electron chi connectivity index (χ3n) is 1.73. The molecule has 0 radical (unpaired) electrons. The van der Waals surface area contributed by atoms with E-state index in [9.17, 15) is 9.59 Å². The van der Waals surface area contributed by atoms with Crippen molar-refractivity contribution in [3.63, 3.8) is 0 Å². The molecule has 0 saturated heterocycles. The van der Waals surface area contributed by atoms with Gasteiger partial charge in [-0.15, -0.1) is 0 Å². The molecule has 0 spiro atoms. The number of carboxylic acids is 1. The SMILES string of the molecule is COC(OC)OCCCOC(=O)CCC(=O)O. The first kappa shape index (κ1) is 15.8. The van der Waals surface area contributed by atoms with Gasteiger partial charge in [-0.1, -0.05) is 0 Å². The van der Waals surface area contributed by atoms with Crippen molar-refractivity contribution in [1.29, 1.82) is 0 Å².